The smallest absolute Gasteiger partial charge is 0.416 e. The number of carbonyl (C=O) groups is 1. The average Bonchev–Trinajstić information content (AvgIpc) is 3.38. The molecule has 0 aliphatic carbocycles. The molecule has 1 unspecified atom stereocenters. The lowest BCUT2D eigenvalue weighted by atomic mass is 10.0. The molecule has 1 aliphatic heterocycles. The molecular formula is C19H25F3O4. The van der Waals surface area contributed by atoms with Crippen molar-refractivity contribution in [2.75, 3.05) is 26.4 Å². The fraction of sp³-hybridized carbons (Fsp3) is 0.632. The molecule has 0 spiro atoms. The highest BCUT2D eigenvalue weighted by atomic mass is 19.4. The zero-order valence-corrected chi connectivity index (χ0v) is 14.9. The van der Waals surface area contributed by atoms with Crippen LogP contribution < -0.4 is 0 Å². The van der Waals surface area contributed by atoms with E-state index in [0.29, 0.717) is 44.8 Å². The van der Waals surface area contributed by atoms with Crippen LogP contribution in [0.1, 0.15) is 43.7 Å². The molecule has 0 bridgehead atoms. The van der Waals surface area contributed by atoms with Crippen LogP contribution in [0.4, 0.5) is 13.2 Å². The molecule has 1 aromatic carbocycles. The zero-order valence-electron chi connectivity index (χ0n) is 14.9. The van der Waals surface area contributed by atoms with Gasteiger partial charge in [-0.2, -0.15) is 13.2 Å². The molecule has 0 N–H and O–H groups in total. The summed E-state index contributed by atoms with van der Waals surface area (Å²) in [4.78, 5) is 11.7. The summed E-state index contributed by atoms with van der Waals surface area (Å²) in [6, 6.07) is 5.31. The Labute approximate surface area is 151 Å². The van der Waals surface area contributed by atoms with Gasteiger partial charge in [0, 0.05) is 6.61 Å². The molecule has 146 valence electrons. The van der Waals surface area contributed by atoms with Gasteiger partial charge in [-0.1, -0.05) is 24.6 Å². The summed E-state index contributed by atoms with van der Waals surface area (Å²) in [5, 5.41) is 0. The molecule has 0 aromatic heterocycles. The first-order valence-electron chi connectivity index (χ1n) is 8.92. The summed E-state index contributed by atoms with van der Waals surface area (Å²) >= 11 is 0. The summed E-state index contributed by atoms with van der Waals surface area (Å²) in [6.07, 6.45) is -0.645. The highest BCUT2D eigenvalue weighted by Gasteiger charge is 2.52. The minimum Gasteiger partial charge on any atom is -0.464 e. The molecule has 7 heteroatoms. The maximum absolute atomic E-state index is 12.6. The third-order valence-corrected chi connectivity index (χ3v) is 4.30. The molecule has 1 aromatic rings. The van der Waals surface area contributed by atoms with Gasteiger partial charge in [-0.25, -0.2) is 4.79 Å². The molecule has 1 saturated heterocycles. The second kappa shape index (κ2) is 9.37. The summed E-state index contributed by atoms with van der Waals surface area (Å²) in [5.74, 6) is -0.280. The van der Waals surface area contributed by atoms with Crippen LogP contribution >= 0.6 is 0 Å². The number of carbonyl (C=O) groups excluding carboxylic acids is 1. The van der Waals surface area contributed by atoms with Crippen molar-refractivity contribution in [3.8, 4) is 0 Å². The monoisotopic (exact) mass is 374 g/mol. The van der Waals surface area contributed by atoms with Gasteiger partial charge >= 0.3 is 12.1 Å². The van der Waals surface area contributed by atoms with Crippen LogP contribution in [0.15, 0.2) is 24.3 Å². The number of halogens is 3. The van der Waals surface area contributed by atoms with Crippen molar-refractivity contribution in [1.29, 1.82) is 0 Å². The normalized spacial score (nSPS) is 19.4. The predicted molar refractivity (Wildman–Crippen MR) is 89.8 cm³/mol. The number of hydrogen-bond donors (Lipinski definition) is 0. The number of ether oxygens (including phenoxy) is 3. The molecular weight excluding hydrogens is 349 g/mol. The highest BCUT2D eigenvalue weighted by Crippen LogP contribution is 2.34. The Morgan fingerprint density at radius 1 is 1.23 bits per heavy atom. The first-order valence-corrected chi connectivity index (χ1v) is 8.92. The van der Waals surface area contributed by atoms with E-state index in [2.05, 4.69) is 0 Å². The molecule has 4 nitrogen and oxygen atoms in total. The van der Waals surface area contributed by atoms with E-state index in [0.717, 1.165) is 31.4 Å². The maximum atomic E-state index is 12.6. The first-order chi connectivity index (χ1) is 12.4. The fourth-order valence-corrected chi connectivity index (χ4v) is 2.70. The first kappa shape index (κ1) is 20.7. The van der Waals surface area contributed by atoms with Crippen LogP contribution in [-0.2, 0) is 31.6 Å². The lowest BCUT2D eigenvalue weighted by Crippen LogP contribution is -2.27. The van der Waals surface area contributed by atoms with E-state index in [9.17, 15) is 18.0 Å². The van der Waals surface area contributed by atoms with Crippen LogP contribution in [0.2, 0.25) is 0 Å². The quantitative estimate of drug-likeness (QED) is 0.332. The number of unbranched alkanes of at least 4 members (excludes halogenated alkanes) is 2. The van der Waals surface area contributed by atoms with Gasteiger partial charge in [0.05, 0.1) is 25.4 Å². The van der Waals surface area contributed by atoms with E-state index in [1.54, 1.807) is 13.0 Å². The molecule has 0 saturated carbocycles. The Morgan fingerprint density at radius 2 is 2.00 bits per heavy atom. The van der Waals surface area contributed by atoms with E-state index in [1.807, 2.05) is 0 Å². The minimum atomic E-state index is -4.32. The number of benzene rings is 1. The van der Waals surface area contributed by atoms with Crippen molar-refractivity contribution in [3.63, 3.8) is 0 Å². The van der Waals surface area contributed by atoms with Gasteiger partial charge in [0.15, 0.2) is 5.60 Å². The molecule has 0 radical (unpaired) electrons. The van der Waals surface area contributed by atoms with Crippen molar-refractivity contribution in [2.24, 2.45) is 0 Å². The van der Waals surface area contributed by atoms with E-state index in [4.69, 9.17) is 14.2 Å². The lowest BCUT2D eigenvalue weighted by Gasteiger charge is -2.10. The van der Waals surface area contributed by atoms with E-state index in [-0.39, 0.29) is 5.97 Å². The van der Waals surface area contributed by atoms with Crippen molar-refractivity contribution in [3.05, 3.63) is 35.4 Å². The second-order valence-corrected chi connectivity index (χ2v) is 6.37. The van der Waals surface area contributed by atoms with Gasteiger partial charge in [-0.3, -0.25) is 0 Å². The molecule has 1 heterocycles. The number of alkyl halides is 3. The van der Waals surface area contributed by atoms with Gasteiger partial charge in [0.25, 0.3) is 0 Å². The van der Waals surface area contributed by atoms with Crippen molar-refractivity contribution in [1.82, 2.24) is 0 Å². The molecule has 2 rings (SSSR count). The van der Waals surface area contributed by atoms with Crippen LogP contribution in [0.25, 0.3) is 0 Å². The minimum absolute atomic E-state index is 0.280. The Morgan fingerprint density at radius 3 is 2.65 bits per heavy atom. The standard InChI is InChI=1S/C19H25F3O4/c1-2-25-17(23)18(14-26-18)10-4-3-5-11-24-12-9-15-7-6-8-16(13-15)19(20,21)22/h6-8,13H,2-5,9-12,14H2,1H3. The van der Waals surface area contributed by atoms with Gasteiger partial charge in [0.2, 0.25) is 0 Å². The SMILES string of the molecule is CCOC(=O)C1(CCCCCOCCc2cccc(C(F)(F)F)c2)CO1. The Bertz CT molecular complexity index is 582. The van der Waals surface area contributed by atoms with E-state index < -0.39 is 17.3 Å². The summed E-state index contributed by atoms with van der Waals surface area (Å²) in [7, 11) is 0. The molecule has 1 fully saturated rings. The van der Waals surface area contributed by atoms with Crippen molar-refractivity contribution < 1.29 is 32.2 Å². The molecule has 0 amide bonds. The Hall–Kier alpha value is -1.60. The lowest BCUT2D eigenvalue weighted by molar-refractivity contribution is -0.149. The van der Waals surface area contributed by atoms with Crippen LogP contribution in [0.5, 0.6) is 0 Å². The molecule has 1 atom stereocenters. The van der Waals surface area contributed by atoms with Gasteiger partial charge < -0.3 is 14.2 Å². The summed E-state index contributed by atoms with van der Waals surface area (Å²) < 4.78 is 53.7. The van der Waals surface area contributed by atoms with Crippen LogP contribution in [0, 0.1) is 0 Å². The number of epoxide rings is 1. The number of rotatable bonds is 11. The summed E-state index contributed by atoms with van der Waals surface area (Å²) in [6.45, 7) is 3.48. The number of esters is 1. The fourth-order valence-electron chi connectivity index (χ4n) is 2.70. The van der Waals surface area contributed by atoms with Crippen LogP contribution in [-0.4, -0.2) is 38.0 Å². The zero-order chi connectivity index (χ0) is 19.0. The maximum Gasteiger partial charge on any atom is 0.416 e. The third-order valence-electron chi connectivity index (χ3n) is 4.30. The summed E-state index contributed by atoms with van der Waals surface area (Å²) in [5.41, 5.74) is -0.740. The Kier molecular flexibility index (Phi) is 7.46. The van der Waals surface area contributed by atoms with E-state index >= 15 is 0 Å². The van der Waals surface area contributed by atoms with Crippen LogP contribution in [0.3, 0.4) is 0 Å². The largest absolute Gasteiger partial charge is 0.464 e. The topological polar surface area (TPSA) is 48.1 Å². The van der Waals surface area contributed by atoms with Gasteiger partial charge in [0.1, 0.15) is 0 Å². The highest BCUT2D eigenvalue weighted by molar-refractivity contribution is 5.82. The average molecular weight is 374 g/mol. The third kappa shape index (κ3) is 6.29. The molecule has 1 aliphatic rings. The van der Waals surface area contributed by atoms with Gasteiger partial charge in [-0.05, 0) is 44.2 Å². The Balaban J connectivity index is 1.54. The van der Waals surface area contributed by atoms with Crippen molar-refractivity contribution in [2.45, 2.75) is 50.8 Å². The van der Waals surface area contributed by atoms with Gasteiger partial charge in [-0.15, -0.1) is 0 Å². The van der Waals surface area contributed by atoms with Crippen molar-refractivity contribution >= 4 is 5.97 Å². The predicted octanol–water partition coefficient (Wildman–Crippen LogP) is 4.16. The second-order valence-electron chi connectivity index (χ2n) is 6.37. The molecule has 26 heavy (non-hydrogen) atoms. The number of hydrogen-bond acceptors (Lipinski definition) is 4. The van der Waals surface area contributed by atoms with E-state index in [1.165, 1.54) is 6.07 Å².